The third kappa shape index (κ3) is 4.95. The Kier molecular flexibility index (Phi) is 5.27. The van der Waals surface area contributed by atoms with Crippen LogP contribution in [-0.4, -0.2) is 15.9 Å². The van der Waals surface area contributed by atoms with E-state index < -0.39 is 17.6 Å². The second-order valence-electron chi connectivity index (χ2n) is 5.43. The molecule has 138 valence electrons. The van der Waals surface area contributed by atoms with E-state index >= 15 is 0 Å². The summed E-state index contributed by atoms with van der Waals surface area (Å²) in [7, 11) is 0. The predicted molar refractivity (Wildman–Crippen MR) is 96.2 cm³/mol. The minimum absolute atomic E-state index is 0.0820. The number of amides is 1. The lowest BCUT2D eigenvalue weighted by Gasteiger charge is -2.09. The molecule has 0 bridgehead atoms. The maximum atomic E-state index is 12.6. The molecule has 0 aliphatic carbocycles. The van der Waals surface area contributed by atoms with Crippen molar-refractivity contribution in [3.8, 4) is 0 Å². The first kappa shape index (κ1) is 18.7. The molecule has 0 radical (unpaired) electrons. The number of hydrogen-bond donors (Lipinski definition) is 2. The average Bonchev–Trinajstić information content (AvgIpc) is 2.63. The van der Waals surface area contributed by atoms with E-state index in [1.54, 1.807) is 24.3 Å². The van der Waals surface area contributed by atoms with Gasteiger partial charge in [-0.3, -0.25) is 4.79 Å². The van der Waals surface area contributed by atoms with Crippen LogP contribution in [-0.2, 0) is 6.18 Å². The SMILES string of the molecule is O=C(Nc1ccc(Cl)cc1)c1ccnc(Nc2ccc(C(F)(F)F)cc2)n1. The fourth-order valence-corrected chi connectivity index (χ4v) is 2.27. The lowest BCUT2D eigenvalue weighted by molar-refractivity contribution is -0.137. The Balaban J connectivity index is 1.71. The molecule has 1 amide bonds. The fourth-order valence-electron chi connectivity index (χ4n) is 2.15. The minimum Gasteiger partial charge on any atom is -0.324 e. The van der Waals surface area contributed by atoms with Crippen LogP contribution in [0.5, 0.6) is 0 Å². The highest BCUT2D eigenvalue weighted by Gasteiger charge is 2.29. The van der Waals surface area contributed by atoms with Crippen LogP contribution in [0, 0.1) is 0 Å². The summed E-state index contributed by atoms with van der Waals surface area (Å²) in [5.41, 5.74) is 0.234. The Labute approximate surface area is 157 Å². The van der Waals surface area contributed by atoms with Gasteiger partial charge in [-0.1, -0.05) is 11.6 Å². The number of benzene rings is 2. The molecule has 2 aromatic carbocycles. The molecule has 0 atom stereocenters. The molecule has 1 heterocycles. The second-order valence-corrected chi connectivity index (χ2v) is 5.86. The van der Waals surface area contributed by atoms with Gasteiger partial charge in [0.25, 0.3) is 5.91 Å². The number of hydrogen-bond acceptors (Lipinski definition) is 4. The van der Waals surface area contributed by atoms with Crippen LogP contribution in [0.3, 0.4) is 0 Å². The Morgan fingerprint density at radius 3 is 2.19 bits per heavy atom. The van der Waals surface area contributed by atoms with Crippen molar-refractivity contribution in [2.24, 2.45) is 0 Å². The first-order chi connectivity index (χ1) is 12.8. The molecule has 9 heteroatoms. The van der Waals surface area contributed by atoms with E-state index in [0.29, 0.717) is 16.4 Å². The van der Waals surface area contributed by atoms with Gasteiger partial charge in [0.1, 0.15) is 5.69 Å². The molecule has 3 rings (SSSR count). The largest absolute Gasteiger partial charge is 0.416 e. The van der Waals surface area contributed by atoms with Crippen molar-refractivity contribution in [3.05, 3.63) is 77.1 Å². The van der Waals surface area contributed by atoms with E-state index in [1.165, 1.54) is 24.4 Å². The van der Waals surface area contributed by atoms with Crippen LogP contribution in [0.2, 0.25) is 5.02 Å². The van der Waals surface area contributed by atoms with Crippen molar-refractivity contribution in [3.63, 3.8) is 0 Å². The van der Waals surface area contributed by atoms with Gasteiger partial charge < -0.3 is 10.6 Å². The summed E-state index contributed by atoms with van der Waals surface area (Å²) in [6, 6.07) is 12.4. The van der Waals surface area contributed by atoms with Crippen LogP contribution in [0.4, 0.5) is 30.5 Å². The molecule has 27 heavy (non-hydrogen) atoms. The van der Waals surface area contributed by atoms with Gasteiger partial charge in [0, 0.05) is 22.6 Å². The molecule has 2 N–H and O–H groups in total. The predicted octanol–water partition coefficient (Wildman–Crippen LogP) is 5.14. The molecule has 0 unspecified atom stereocenters. The van der Waals surface area contributed by atoms with Crippen LogP contribution in [0.1, 0.15) is 16.1 Å². The fraction of sp³-hybridized carbons (Fsp3) is 0.0556. The maximum Gasteiger partial charge on any atom is 0.416 e. The molecule has 0 saturated carbocycles. The van der Waals surface area contributed by atoms with E-state index in [9.17, 15) is 18.0 Å². The Bertz CT molecular complexity index is 944. The van der Waals surface area contributed by atoms with E-state index in [1.807, 2.05) is 0 Å². The maximum absolute atomic E-state index is 12.6. The van der Waals surface area contributed by atoms with Gasteiger partial charge in [0.15, 0.2) is 0 Å². The number of aromatic nitrogens is 2. The third-order valence-electron chi connectivity index (χ3n) is 3.46. The summed E-state index contributed by atoms with van der Waals surface area (Å²) >= 11 is 5.79. The van der Waals surface area contributed by atoms with Crippen molar-refractivity contribution in [2.75, 3.05) is 10.6 Å². The number of carbonyl (C=O) groups excluding carboxylic acids is 1. The van der Waals surface area contributed by atoms with E-state index in [4.69, 9.17) is 11.6 Å². The normalized spacial score (nSPS) is 11.1. The molecule has 1 aromatic heterocycles. The molecule has 0 aliphatic rings. The van der Waals surface area contributed by atoms with Gasteiger partial charge in [-0.15, -0.1) is 0 Å². The van der Waals surface area contributed by atoms with Gasteiger partial charge >= 0.3 is 6.18 Å². The summed E-state index contributed by atoms with van der Waals surface area (Å²) in [5, 5.41) is 5.96. The van der Waals surface area contributed by atoms with Crippen LogP contribution >= 0.6 is 11.6 Å². The molecule has 0 spiro atoms. The lowest BCUT2D eigenvalue weighted by Crippen LogP contribution is -2.14. The van der Waals surface area contributed by atoms with Gasteiger partial charge in [-0.25, -0.2) is 9.97 Å². The number of anilines is 3. The highest BCUT2D eigenvalue weighted by Crippen LogP contribution is 2.30. The Morgan fingerprint density at radius 1 is 0.926 bits per heavy atom. The van der Waals surface area contributed by atoms with E-state index in [0.717, 1.165) is 12.1 Å². The molecule has 0 saturated heterocycles. The van der Waals surface area contributed by atoms with E-state index in [2.05, 4.69) is 20.6 Å². The zero-order valence-corrected chi connectivity index (χ0v) is 14.3. The third-order valence-corrected chi connectivity index (χ3v) is 3.71. The van der Waals surface area contributed by atoms with Crippen LogP contribution in [0.25, 0.3) is 0 Å². The molecule has 0 aliphatic heterocycles. The summed E-state index contributed by atoms with van der Waals surface area (Å²) in [5.74, 6) is -0.381. The summed E-state index contributed by atoms with van der Waals surface area (Å²) in [4.78, 5) is 20.3. The summed E-state index contributed by atoms with van der Waals surface area (Å²) in [6.45, 7) is 0. The monoisotopic (exact) mass is 392 g/mol. The zero-order valence-electron chi connectivity index (χ0n) is 13.6. The number of rotatable bonds is 4. The number of nitrogens with one attached hydrogen (secondary N) is 2. The van der Waals surface area contributed by atoms with Gasteiger partial charge in [-0.05, 0) is 54.6 Å². The van der Waals surface area contributed by atoms with Crippen LogP contribution < -0.4 is 10.6 Å². The summed E-state index contributed by atoms with van der Waals surface area (Å²) in [6.07, 6.45) is -3.04. The highest BCUT2D eigenvalue weighted by molar-refractivity contribution is 6.30. The number of nitrogens with zero attached hydrogens (tertiary/aromatic N) is 2. The first-order valence-electron chi connectivity index (χ1n) is 7.65. The Hall–Kier alpha value is -3.13. The summed E-state index contributed by atoms with van der Waals surface area (Å²) < 4.78 is 37.8. The quantitative estimate of drug-likeness (QED) is 0.644. The van der Waals surface area contributed by atoms with Crippen molar-refractivity contribution in [1.29, 1.82) is 0 Å². The molecule has 5 nitrogen and oxygen atoms in total. The molecule has 0 fully saturated rings. The lowest BCUT2D eigenvalue weighted by atomic mass is 10.2. The van der Waals surface area contributed by atoms with Crippen LogP contribution in [0.15, 0.2) is 60.8 Å². The minimum atomic E-state index is -4.41. The number of carbonyl (C=O) groups is 1. The van der Waals surface area contributed by atoms with Gasteiger partial charge in [0.05, 0.1) is 5.56 Å². The molecular formula is C18H12ClF3N4O. The smallest absolute Gasteiger partial charge is 0.324 e. The molecule has 3 aromatic rings. The van der Waals surface area contributed by atoms with Crippen molar-refractivity contribution in [2.45, 2.75) is 6.18 Å². The van der Waals surface area contributed by atoms with Crippen molar-refractivity contribution < 1.29 is 18.0 Å². The second kappa shape index (κ2) is 7.63. The highest BCUT2D eigenvalue weighted by atomic mass is 35.5. The van der Waals surface area contributed by atoms with Crippen molar-refractivity contribution >= 4 is 34.8 Å². The van der Waals surface area contributed by atoms with Gasteiger partial charge in [-0.2, -0.15) is 13.2 Å². The van der Waals surface area contributed by atoms with Crippen molar-refractivity contribution in [1.82, 2.24) is 9.97 Å². The topological polar surface area (TPSA) is 66.9 Å². The first-order valence-corrected chi connectivity index (χ1v) is 8.03. The number of halogens is 4. The molecular weight excluding hydrogens is 381 g/mol. The average molecular weight is 393 g/mol. The van der Waals surface area contributed by atoms with E-state index in [-0.39, 0.29) is 11.6 Å². The number of alkyl halides is 3. The van der Waals surface area contributed by atoms with Gasteiger partial charge in [0.2, 0.25) is 5.95 Å². The Morgan fingerprint density at radius 2 is 1.56 bits per heavy atom. The zero-order chi connectivity index (χ0) is 19.4. The standard InChI is InChI=1S/C18H12ClF3N4O/c19-12-3-7-13(8-4-12)24-16(27)15-9-10-23-17(26-15)25-14-5-1-11(2-6-14)18(20,21)22/h1-10H,(H,24,27)(H,23,25,26).